The molecule has 0 saturated carbocycles. The maximum atomic E-state index is 14.3. The molecule has 0 spiro atoms. The van der Waals surface area contributed by atoms with Crippen molar-refractivity contribution in [3.05, 3.63) is 88.5 Å². The van der Waals surface area contributed by atoms with Crippen molar-refractivity contribution in [2.24, 2.45) is 7.05 Å². The van der Waals surface area contributed by atoms with E-state index < -0.39 is 23.6 Å². The standard InChI is InChI=1S/C18H14ClF2N3O/c1-24-9-8-22-17(24)16(12-4-2-3-5-14(12)20)23-18(25)13-7-6-11(19)10-15(13)21/h2-10,16H,1H3,(H,23,25)/t16-/m0/s1. The zero-order valence-corrected chi connectivity index (χ0v) is 14.0. The first-order chi connectivity index (χ1) is 12.0. The number of amides is 1. The van der Waals surface area contributed by atoms with E-state index in [1.807, 2.05) is 0 Å². The van der Waals surface area contributed by atoms with Gasteiger partial charge in [-0.25, -0.2) is 13.8 Å². The molecule has 0 radical (unpaired) electrons. The number of hydrogen-bond donors (Lipinski definition) is 1. The highest BCUT2D eigenvalue weighted by atomic mass is 35.5. The van der Waals surface area contributed by atoms with Crippen molar-refractivity contribution in [3.8, 4) is 0 Å². The first-order valence-electron chi connectivity index (χ1n) is 7.45. The minimum absolute atomic E-state index is 0.181. The monoisotopic (exact) mass is 361 g/mol. The molecule has 0 unspecified atom stereocenters. The molecular weight excluding hydrogens is 348 g/mol. The van der Waals surface area contributed by atoms with Crippen molar-refractivity contribution < 1.29 is 13.6 Å². The Morgan fingerprint density at radius 3 is 2.60 bits per heavy atom. The Balaban J connectivity index is 2.00. The highest BCUT2D eigenvalue weighted by Gasteiger charge is 2.25. The fourth-order valence-corrected chi connectivity index (χ4v) is 2.69. The predicted molar refractivity (Wildman–Crippen MR) is 90.3 cm³/mol. The van der Waals surface area contributed by atoms with Crippen molar-refractivity contribution in [2.75, 3.05) is 0 Å². The number of rotatable bonds is 4. The Morgan fingerprint density at radius 1 is 1.20 bits per heavy atom. The highest BCUT2D eigenvalue weighted by molar-refractivity contribution is 6.30. The molecule has 7 heteroatoms. The second-order valence-corrected chi connectivity index (χ2v) is 5.88. The van der Waals surface area contributed by atoms with Crippen LogP contribution < -0.4 is 5.32 Å². The number of nitrogens with one attached hydrogen (secondary N) is 1. The van der Waals surface area contributed by atoms with E-state index in [2.05, 4.69) is 10.3 Å². The fourth-order valence-electron chi connectivity index (χ4n) is 2.53. The molecule has 0 aliphatic carbocycles. The summed E-state index contributed by atoms with van der Waals surface area (Å²) >= 11 is 5.71. The third-order valence-corrected chi connectivity index (χ3v) is 4.02. The summed E-state index contributed by atoms with van der Waals surface area (Å²) < 4.78 is 29.9. The molecule has 3 rings (SSSR count). The number of aromatic nitrogens is 2. The van der Waals surface area contributed by atoms with E-state index in [9.17, 15) is 13.6 Å². The molecule has 0 bridgehead atoms. The fraction of sp³-hybridized carbons (Fsp3) is 0.111. The van der Waals surface area contributed by atoms with E-state index in [1.54, 1.807) is 36.0 Å². The number of carbonyl (C=O) groups is 1. The summed E-state index contributed by atoms with van der Waals surface area (Å²) in [6, 6.07) is 8.92. The lowest BCUT2D eigenvalue weighted by Gasteiger charge is -2.20. The molecule has 3 aromatic rings. The van der Waals surface area contributed by atoms with Gasteiger partial charge in [0.15, 0.2) is 0 Å². The van der Waals surface area contributed by atoms with Gasteiger partial charge in [-0.15, -0.1) is 0 Å². The SMILES string of the molecule is Cn1ccnc1[C@@H](NC(=O)c1ccc(Cl)cc1F)c1ccccc1F. The maximum Gasteiger partial charge on any atom is 0.255 e. The Bertz CT molecular complexity index is 926. The number of imidazole rings is 1. The molecular formula is C18H14ClF2N3O. The van der Waals surface area contributed by atoms with Crippen molar-refractivity contribution in [1.82, 2.24) is 14.9 Å². The highest BCUT2D eigenvalue weighted by Crippen LogP contribution is 2.24. The van der Waals surface area contributed by atoms with Crippen molar-refractivity contribution in [1.29, 1.82) is 0 Å². The van der Waals surface area contributed by atoms with E-state index in [0.717, 1.165) is 6.07 Å². The van der Waals surface area contributed by atoms with Crippen molar-refractivity contribution in [3.63, 3.8) is 0 Å². The number of aryl methyl sites for hydroxylation is 1. The smallest absolute Gasteiger partial charge is 0.255 e. The normalized spacial score (nSPS) is 12.0. The molecule has 2 aromatic carbocycles. The summed E-state index contributed by atoms with van der Waals surface area (Å²) in [5.41, 5.74) is 0.0551. The van der Waals surface area contributed by atoms with Gasteiger partial charge in [0, 0.05) is 30.0 Å². The summed E-state index contributed by atoms with van der Waals surface area (Å²) in [6.45, 7) is 0. The lowest BCUT2D eigenvalue weighted by molar-refractivity contribution is 0.0936. The summed E-state index contributed by atoms with van der Waals surface area (Å²) in [5.74, 6) is -1.51. The molecule has 128 valence electrons. The lowest BCUT2D eigenvalue weighted by Crippen LogP contribution is -2.32. The molecule has 1 amide bonds. The van der Waals surface area contributed by atoms with Gasteiger partial charge < -0.3 is 9.88 Å². The van der Waals surface area contributed by atoms with E-state index in [-0.39, 0.29) is 16.1 Å². The molecule has 0 aliphatic heterocycles. The van der Waals surface area contributed by atoms with Crippen molar-refractivity contribution >= 4 is 17.5 Å². The summed E-state index contributed by atoms with van der Waals surface area (Å²) in [6.07, 6.45) is 3.22. The van der Waals surface area contributed by atoms with Crippen molar-refractivity contribution in [2.45, 2.75) is 6.04 Å². The molecule has 25 heavy (non-hydrogen) atoms. The van der Waals surface area contributed by atoms with E-state index in [1.165, 1.54) is 24.4 Å². The number of nitrogens with zero attached hydrogens (tertiary/aromatic N) is 2. The minimum atomic E-state index is -0.872. The lowest BCUT2D eigenvalue weighted by atomic mass is 10.0. The van der Waals surface area contributed by atoms with Crippen LogP contribution in [0.2, 0.25) is 5.02 Å². The average molecular weight is 362 g/mol. The van der Waals surface area contributed by atoms with Crippen LogP contribution in [0.25, 0.3) is 0 Å². The van der Waals surface area contributed by atoms with Gasteiger partial charge in [0.2, 0.25) is 0 Å². The molecule has 1 atom stereocenters. The van der Waals surface area contributed by atoms with Crippen LogP contribution in [0.4, 0.5) is 8.78 Å². The van der Waals surface area contributed by atoms with Crippen LogP contribution in [0.15, 0.2) is 54.9 Å². The van der Waals surface area contributed by atoms with Gasteiger partial charge in [-0.1, -0.05) is 29.8 Å². The summed E-state index contributed by atoms with van der Waals surface area (Å²) in [5, 5.41) is 2.83. The largest absolute Gasteiger partial charge is 0.338 e. The zero-order chi connectivity index (χ0) is 18.0. The number of halogens is 3. The Morgan fingerprint density at radius 2 is 1.96 bits per heavy atom. The average Bonchev–Trinajstić information content (AvgIpc) is 2.99. The molecule has 0 fully saturated rings. The zero-order valence-electron chi connectivity index (χ0n) is 13.2. The third kappa shape index (κ3) is 3.53. The van der Waals surface area contributed by atoms with Crippen LogP contribution in [0.3, 0.4) is 0 Å². The second-order valence-electron chi connectivity index (χ2n) is 5.45. The van der Waals surface area contributed by atoms with Gasteiger partial charge in [-0.2, -0.15) is 0 Å². The van der Waals surface area contributed by atoms with Gasteiger partial charge in [-0.05, 0) is 24.3 Å². The van der Waals surface area contributed by atoms with Crippen LogP contribution in [0.1, 0.15) is 27.8 Å². The first-order valence-corrected chi connectivity index (χ1v) is 7.82. The Kier molecular flexibility index (Phi) is 4.81. The number of carbonyl (C=O) groups excluding carboxylic acids is 1. The van der Waals surface area contributed by atoms with E-state index in [0.29, 0.717) is 5.82 Å². The minimum Gasteiger partial charge on any atom is -0.338 e. The van der Waals surface area contributed by atoms with E-state index >= 15 is 0 Å². The first kappa shape index (κ1) is 17.1. The molecule has 0 saturated heterocycles. The van der Waals surface area contributed by atoms with Crippen LogP contribution in [-0.2, 0) is 7.05 Å². The molecule has 4 nitrogen and oxygen atoms in total. The Hall–Kier alpha value is -2.73. The summed E-state index contributed by atoms with van der Waals surface area (Å²) in [4.78, 5) is 16.7. The van der Waals surface area contributed by atoms with Crippen LogP contribution >= 0.6 is 11.6 Å². The number of benzene rings is 2. The molecule has 1 N–H and O–H groups in total. The van der Waals surface area contributed by atoms with Crippen LogP contribution in [-0.4, -0.2) is 15.5 Å². The topological polar surface area (TPSA) is 46.9 Å². The van der Waals surface area contributed by atoms with Crippen LogP contribution in [0.5, 0.6) is 0 Å². The number of hydrogen-bond acceptors (Lipinski definition) is 2. The van der Waals surface area contributed by atoms with Gasteiger partial charge in [0.25, 0.3) is 5.91 Å². The van der Waals surface area contributed by atoms with Gasteiger partial charge in [0.05, 0.1) is 5.56 Å². The predicted octanol–water partition coefficient (Wildman–Crippen LogP) is 3.87. The third-order valence-electron chi connectivity index (χ3n) is 3.78. The van der Waals surface area contributed by atoms with Gasteiger partial charge in [-0.3, -0.25) is 4.79 Å². The summed E-state index contributed by atoms with van der Waals surface area (Å²) in [7, 11) is 1.73. The molecule has 0 aliphatic rings. The quantitative estimate of drug-likeness (QED) is 0.766. The van der Waals surface area contributed by atoms with Crippen LogP contribution in [0, 0.1) is 11.6 Å². The van der Waals surface area contributed by atoms with Gasteiger partial charge >= 0.3 is 0 Å². The second kappa shape index (κ2) is 7.03. The maximum absolute atomic E-state index is 14.3. The molecule has 1 aromatic heterocycles. The van der Waals surface area contributed by atoms with Gasteiger partial charge in [0.1, 0.15) is 23.5 Å². The molecule has 1 heterocycles. The van der Waals surface area contributed by atoms with E-state index in [4.69, 9.17) is 11.6 Å². The Labute approximate surface area is 148 Å².